The maximum atomic E-state index is 13.1. The van der Waals surface area contributed by atoms with Gasteiger partial charge in [0.15, 0.2) is 17.3 Å². The molecule has 2 aromatic rings. The molecule has 4 nitrogen and oxygen atoms in total. The zero-order chi connectivity index (χ0) is 24.7. The fourth-order valence-corrected chi connectivity index (χ4v) is 7.54. The number of nitrogens with zero attached hydrogens (tertiary/aromatic N) is 1. The zero-order valence-electron chi connectivity index (χ0n) is 22.5. The molecular formula is C27H47NO3S. The summed E-state index contributed by atoms with van der Waals surface area (Å²) >= 11 is 0. The minimum atomic E-state index is -2.05. The molecule has 0 aliphatic rings. The predicted octanol–water partition coefficient (Wildman–Crippen LogP) is 6.36. The zero-order valence-corrected chi connectivity index (χ0v) is 23.4. The Labute approximate surface area is 196 Å². The summed E-state index contributed by atoms with van der Waals surface area (Å²) in [5.74, 6) is 1.68. The number of aromatic nitrogens is 1. The average molecular weight is 466 g/mol. The van der Waals surface area contributed by atoms with Gasteiger partial charge in [0.2, 0.25) is 0 Å². The minimum absolute atomic E-state index is 0.233. The van der Waals surface area contributed by atoms with Gasteiger partial charge in [-0.2, -0.15) is 0 Å². The number of ether oxygens (including phenoxy) is 2. The lowest BCUT2D eigenvalue weighted by Crippen LogP contribution is -2.44. The molecule has 1 aromatic carbocycles. The van der Waals surface area contributed by atoms with Gasteiger partial charge in [0.1, 0.15) is 0 Å². The maximum Gasteiger partial charge on any atom is 0.170 e. The summed E-state index contributed by atoms with van der Waals surface area (Å²) < 4.78 is 13.8. The van der Waals surface area contributed by atoms with E-state index in [0.29, 0.717) is 17.5 Å². The number of ketones is 1. The van der Waals surface area contributed by atoms with Crippen LogP contribution in [0.1, 0.15) is 60.6 Å². The van der Waals surface area contributed by atoms with Crippen LogP contribution >= 0.6 is 9.16 Å². The fraction of sp³-hybridized carbons (Fsp3) is 0.667. The number of Topliss-reactive ketones (excluding diaryl/α,β-unsaturated/α-hetero) is 1. The molecule has 0 amide bonds. The topological polar surface area (TPSA) is 40.5 Å². The molecule has 0 spiro atoms. The monoisotopic (exact) mass is 465 g/mol. The van der Waals surface area contributed by atoms with Crippen molar-refractivity contribution in [1.29, 1.82) is 0 Å². The largest absolute Gasteiger partial charge is 0.493 e. The number of hydrogen-bond acceptors (Lipinski definition) is 3. The molecule has 0 bridgehead atoms. The maximum absolute atomic E-state index is 13.1. The SMILES string of the molecule is CCC(Cc1cc2c(OC)c(OC)ccc2n1CC(=O)C(C)(C)C)[SH](C)(C)(C)C(C)(C)C. The van der Waals surface area contributed by atoms with Crippen LogP contribution in [0.4, 0.5) is 0 Å². The second kappa shape index (κ2) is 8.62. The highest BCUT2D eigenvalue weighted by Crippen LogP contribution is 2.73. The highest BCUT2D eigenvalue weighted by molar-refractivity contribution is 8.49. The molecule has 0 saturated carbocycles. The summed E-state index contributed by atoms with van der Waals surface area (Å²) in [6.45, 7) is 15.8. The van der Waals surface area contributed by atoms with Crippen molar-refractivity contribution in [2.45, 2.75) is 77.8 Å². The first-order chi connectivity index (χ1) is 14.5. The molecule has 1 unspecified atom stereocenters. The van der Waals surface area contributed by atoms with E-state index >= 15 is 0 Å². The van der Waals surface area contributed by atoms with E-state index in [2.05, 4.69) is 63.2 Å². The Morgan fingerprint density at radius 3 is 2.06 bits per heavy atom. The van der Waals surface area contributed by atoms with Gasteiger partial charge in [-0.15, -0.1) is 0 Å². The molecule has 1 atom stereocenters. The number of benzene rings is 1. The molecule has 0 saturated heterocycles. The van der Waals surface area contributed by atoms with E-state index in [1.54, 1.807) is 14.2 Å². The highest BCUT2D eigenvalue weighted by Gasteiger charge is 2.44. The first kappa shape index (κ1) is 26.6. The van der Waals surface area contributed by atoms with Gasteiger partial charge in [-0.25, -0.2) is 0 Å². The van der Waals surface area contributed by atoms with Crippen LogP contribution in [-0.2, 0) is 17.8 Å². The van der Waals surface area contributed by atoms with Crippen molar-refractivity contribution < 1.29 is 14.3 Å². The van der Waals surface area contributed by atoms with Gasteiger partial charge in [0, 0.05) is 16.5 Å². The van der Waals surface area contributed by atoms with Crippen LogP contribution in [0.2, 0.25) is 0 Å². The van der Waals surface area contributed by atoms with E-state index < -0.39 is 9.16 Å². The Kier molecular flexibility index (Phi) is 7.18. The van der Waals surface area contributed by atoms with Gasteiger partial charge in [-0.3, -0.25) is 14.0 Å². The van der Waals surface area contributed by atoms with Crippen LogP contribution in [0.3, 0.4) is 0 Å². The Morgan fingerprint density at radius 1 is 1.03 bits per heavy atom. The van der Waals surface area contributed by atoms with Crippen molar-refractivity contribution in [1.82, 2.24) is 4.57 Å². The molecule has 184 valence electrons. The third-order valence-electron chi connectivity index (χ3n) is 8.24. The summed E-state index contributed by atoms with van der Waals surface area (Å²) in [5.41, 5.74) is 1.85. The van der Waals surface area contributed by atoms with E-state index in [9.17, 15) is 4.79 Å². The first-order valence-electron chi connectivity index (χ1n) is 11.7. The average Bonchev–Trinajstić information content (AvgIpc) is 3.00. The van der Waals surface area contributed by atoms with Crippen molar-refractivity contribution >= 4 is 25.8 Å². The molecule has 0 fully saturated rings. The van der Waals surface area contributed by atoms with Crippen LogP contribution in [0.15, 0.2) is 18.2 Å². The predicted molar refractivity (Wildman–Crippen MR) is 144 cm³/mol. The Balaban J connectivity index is 2.73. The van der Waals surface area contributed by atoms with Gasteiger partial charge in [-0.1, -0.05) is 48.5 Å². The third kappa shape index (κ3) is 4.69. The van der Waals surface area contributed by atoms with Crippen LogP contribution in [-0.4, -0.2) is 53.3 Å². The van der Waals surface area contributed by atoms with E-state index in [1.165, 1.54) is 5.69 Å². The van der Waals surface area contributed by atoms with Crippen molar-refractivity contribution in [3.05, 3.63) is 23.9 Å². The lowest BCUT2D eigenvalue weighted by molar-refractivity contribution is -0.126. The van der Waals surface area contributed by atoms with Gasteiger partial charge in [-0.05, 0) is 59.8 Å². The number of fused-ring (bicyclic) bond motifs is 1. The molecule has 1 heterocycles. The smallest absolute Gasteiger partial charge is 0.170 e. The minimum Gasteiger partial charge on any atom is -0.493 e. The molecule has 0 aliphatic heterocycles. The number of hydrogen-bond donors (Lipinski definition) is 1. The second-order valence-electron chi connectivity index (χ2n) is 12.5. The molecule has 0 aliphatic carbocycles. The molecule has 32 heavy (non-hydrogen) atoms. The summed E-state index contributed by atoms with van der Waals surface area (Å²) in [5, 5.41) is 1.57. The first-order valence-corrected chi connectivity index (χ1v) is 15.4. The molecular weight excluding hydrogens is 418 g/mol. The number of thiol groups is 1. The molecule has 2 rings (SSSR count). The van der Waals surface area contributed by atoms with Crippen molar-refractivity contribution in [3.8, 4) is 11.5 Å². The molecule has 5 heteroatoms. The normalized spacial score (nSPS) is 15.3. The standard InChI is InChI=1S/C27H47NO3S/c1-13-20(32(10,11,12)27(5,6)7)16-19-17-21-22(14-15-23(30-8)25(21)31-9)28(19)18-24(29)26(2,3)4/h14-15,17,20,32H,13,16,18H2,1-12H3. The number of rotatable bonds is 8. The van der Waals surface area contributed by atoms with E-state index in [4.69, 9.17) is 9.47 Å². The summed E-state index contributed by atoms with van der Waals surface area (Å²) in [4.78, 5) is 13.1. The number of carbonyl (C=O) groups excluding carboxylic acids is 1. The van der Waals surface area contributed by atoms with Crippen LogP contribution in [0, 0.1) is 5.41 Å². The quantitative estimate of drug-likeness (QED) is 0.461. The summed E-state index contributed by atoms with van der Waals surface area (Å²) in [6, 6.07) is 6.23. The van der Waals surface area contributed by atoms with Crippen LogP contribution < -0.4 is 9.47 Å². The lowest BCUT2D eigenvalue weighted by atomic mass is 9.91. The van der Waals surface area contributed by atoms with Crippen molar-refractivity contribution in [3.63, 3.8) is 0 Å². The fourth-order valence-electron chi connectivity index (χ4n) is 4.34. The summed E-state index contributed by atoms with van der Waals surface area (Å²) in [6.07, 6.45) is 9.64. The van der Waals surface area contributed by atoms with Crippen LogP contribution in [0.5, 0.6) is 11.5 Å². The summed E-state index contributed by atoms with van der Waals surface area (Å²) in [7, 11) is 1.29. The Hall–Kier alpha value is -1.62. The van der Waals surface area contributed by atoms with Gasteiger partial charge in [0.25, 0.3) is 0 Å². The van der Waals surface area contributed by atoms with Crippen molar-refractivity contribution in [2.75, 3.05) is 33.0 Å². The molecule has 0 N–H and O–H groups in total. The van der Waals surface area contributed by atoms with Gasteiger partial charge >= 0.3 is 0 Å². The highest BCUT2D eigenvalue weighted by atomic mass is 32.3. The van der Waals surface area contributed by atoms with Crippen LogP contribution in [0.25, 0.3) is 10.9 Å². The second-order valence-corrected chi connectivity index (χ2v) is 20.4. The van der Waals surface area contributed by atoms with E-state index in [-0.39, 0.29) is 15.9 Å². The van der Waals surface area contributed by atoms with Gasteiger partial charge < -0.3 is 14.0 Å². The third-order valence-corrected chi connectivity index (χ3v) is 16.1. The Bertz CT molecular complexity index is 981. The number of carbonyl (C=O) groups is 1. The van der Waals surface area contributed by atoms with Gasteiger partial charge in [0.05, 0.1) is 26.3 Å². The molecule has 1 aromatic heterocycles. The molecule has 0 radical (unpaired) electrons. The van der Waals surface area contributed by atoms with E-state index in [1.807, 2.05) is 26.8 Å². The van der Waals surface area contributed by atoms with E-state index in [0.717, 1.165) is 29.5 Å². The Morgan fingerprint density at radius 2 is 1.62 bits per heavy atom. The lowest BCUT2D eigenvalue weighted by Gasteiger charge is -2.67. The van der Waals surface area contributed by atoms with Crippen molar-refractivity contribution in [2.24, 2.45) is 5.41 Å². The number of methoxy groups -OCH3 is 2.